The minimum Gasteiger partial charge on any atom is -0.341 e. The number of sulfonamides is 1. The Bertz CT molecular complexity index is 537. The third kappa shape index (κ3) is 2.36. The molecule has 0 aliphatic heterocycles. The predicted molar refractivity (Wildman–Crippen MR) is 43.4 cm³/mol. The summed E-state index contributed by atoms with van der Waals surface area (Å²) in [5, 5.41) is 3.17. The Labute approximate surface area is 81.8 Å². The highest BCUT2D eigenvalue weighted by atomic mass is 32.2. The number of halogens is 3. The smallest absolute Gasteiger partial charge is 0.278 e. The van der Waals surface area contributed by atoms with Crippen molar-refractivity contribution in [1.82, 2.24) is 4.98 Å². The van der Waals surface area contributed by atoms with Crippen LogP contribution in [0.4, 0.5) is 13.2 Å². The summed E-state index contributed by atoms with van der Waals surface area (Å²) in [5.74, 6) is -1.71. The number of alkyl halides is 2. The van der Waals surface area contributed by atoms with Crippen molar-refractivity contribution in [3.8, 4) is 0 Å². The maximum atomic E-state index is 12.9. The number of hydrogen-bond donors (Lipinski definition) is 2. The molecule has 0 aromatic carbocycles. The van der Waals surface area contributed by atoms with E-state index < -0.39 is 38.4 Å². The van der Waals surface area contributed by atoms with Gasteiger partial charge in [0.15, 0.2) is 5.03 Å². The van der Waals surface area contributed by atoms with Crippen molar-refractivity contribution in [2.75, 3.05) is 0 Å². The third-order valence-corrected chi connectivity index (χ3v) is 2.33. The van der Waals surface area contributed by atoms with Gasteiger partial charge in [0.25, 0.3) is 16.4 Å². The van der Waals surface area contributed by atoms with Crippen LogP contribution in [0.2, 0.25) is 0 Å². The van der Waals surface area contributed by atoms with E-state index in [2.05, 4.69) is 5.14 Å². The van der Waals surface area contributed by atoms with Crippen molar-refractivity contribution in [1.29, 1.82) is 0 Å². The van der Waals surface area contributed by atoms with Crippen molar-refractivity contribution in [2.24, 2.45) is 5.14 Å². The van der Waals surface area contributed by atoms with Crippen molar-refractivity contribution >= 4 is 10.0 Å². The molecular formula is C6H5F3N2O3S. The first-order valence-electron chi connectivity index (χ1n) is 3.47. The maximum absolute atomic E-state index is 12.9. The van der Waals surface area contributed by atoms with Crippen LogP contribution in [0.5, 0.6) is 0 Å². The van der Waals surface area contributed by atoms with Crippen molar-refractivity contribution in [3.63, 3.8) is 0 Å². The summed E-state index contributed by atoms with van der Waals surface area (Å²) >= 11 is 0. The molecule has 1 rings (SSSR count). The van der Waals surface area contributed by atoms with Gasteiger partial charge in [0, 0.05) is 6.07 Å². The molecule has 0 aliphatic rings. The van der Waals surface area contributed by atoms with E-state index in [4.69, 9.17) is 0 Å². The van der Waals surface area contributed by atoms with Gasteiger partial charge < -0.3 is 4.98 Å². The molecule has 0 fully saturated rings. The predicted octanol–water partition coefficient (Wildman–Crippen LogP) is 0.0990. The maximum Gasteiger partial charge on any atom is 0.278 e. The molecule has 1 aromatic heterocycles. The van der Waals surface area contributed by atoms with Gasteiger partial charge in [-0.25, -0.2) is 22.3 Å². The summed E-state index contributed by atoms with van der Waals surface area (Å²) in [6.07, 6.45) is -3.13. The number of hydrogen-bond acceptors (Lipinski definition) is 3. The molecule has 1 heterocycles. The first kappa shape index (κ1) is 11.7. The van der Waals surface area contributed by atoms with Gasteiger partial charge in [-0.3, -0.25) is 4.79 Å². The van der Waals surface area contributed by atoms with Crippen LogP contribution in [0.25, 0.3) is 0 Å². The van der Waals surface area contributed by atoms with Crippen LogP contribution < -0.4 is 10.6 Å². The van der Waals surface area contributed by atoms with Gasteiger partial charge in [-0.2, -0.15) is 4.39 Å². The second kappa shape index (κ2) is 3.66. The van der Waals surface area contributed by atoms with Gasteiger partial charge in [0.2, 0.25) is 11.2 Å². The van der Waals surface area contributed by atoms with E-state index in [0.29, 0.717) is 0 Å². The van der Waals surface area contributed by atoms with E-state index in [1.165, 1.54) is 0 Å². The van der Waals surface area contributed by atoms with Crippen molar-refractivity contribution < 1.29 is 21.6 Å². The fourth-order valence-corrected chi connectivity index (χ4v) is 1.46. The van der Waals surface area contributed by atoms with Crippen LogP contribution in [-0.4, -0.2) is 13.4 Å². The summed E-state index contributed by atoms with van der Waals surface area (Å²) in [4.78, 5) is 12.3. The lowest BCUT2D eigenvalue weighted by molar-refractivity contribution is 0.144. The Kier molecular flexibility index (Phi) is 2.86. The van der Waals surface area contributed by atoms with E-state index in [9.17, 15) is 26.4 Å². The number of aromatic nitrogens is 1. The molecule has 0 saturated heterocycles. The molecule has 0 saturated carbocycles. The average Bonchev–Trinajstić information content (AvgIpc) is 2.06. The zero-order valence-corrected chi connectivity index (χ0v) is 7.82. The molecular weight excluding hydrogens is 237 g/mol. The van der Waals surface area contributed by atoms with E-state index in [-0.39, 0.29) is 6.07 Å². The van der Waals surface area contributed by atoms with E-state index >= 15 is 0 Å². The minimum atomic E-state index is -4.58. The van der Waals surface area contributed by atoms with Gasteiger partial charge in [0.1, 0.15) is 0 Å². The monoisotopic (exact) mass is 242 g/mol. The fourth-order valence-electron chi connectivity index (χ4n) is 0.852. The quantitative estimate of drug-likeness (QED) is 0.770. The lowest BCUT2D eigenvalue weighted by Gasteiger charge is -2.04. The van der Waals surface area contributed by atoms with Crippen LogP contribution in [0.3, 0.4) is 0 Å². The summed E-state index contributed by atoms with van der Waals surface area (Å²) < 4.78 is 58.5. The molecule has 0 amide bonds. The summed E-state index contributed by atoms with van der Waals surface area (Å²) in [7, 11) is -4.58. The molecule has 15 heavy (non-hydrogen) atoms. The number of rotatable bonds is 2. The highest BCUT2D eigenvalue weighted by Crippen LogP contribution is 2.16. The molecule has 9 heteroatoms. The molecule has 3 N–H and O–H groups in total. The van der Waals surface area contributed by atoms with Crippen LogP contribution in [0.15, 0.2) is 15.9 Å². The molecule has 0 radical (unpaired) electrons. The summed E-state index contributed by atoms with van der Waals surface area (Å²) in [6.45, 7) is 0. The normalized spacial score (nSPS) is 12.1. The number of nitrogens with two attached hydrogens (primary N) is 1. The first-order valence-corrected chi connectivity index (χ1v) is 5.02. The SMILES string of the molecule is NS(=O)(=O)c1[nH]c(C(F)F)cc(=O)c1F. The molecule has 84 valence electrons. The second-order valence-electron chi connectivity index (χ2n) is 2.58. The molecule has 0 bridgehead atoms. The lowest BCUT2D eigenvalue weighted by Crippen LogP contribution is -2.22. The third-order valence-electron chi connectivity index (χ3n) is 1.48. The van der Waals surface area contributed by atoms with Crippen LogP contribution in [0.1, 0.15) is 12.1 Å². The molecule has 0 spiro atoms. The summed E-state index contributed by atoms with van der Waals surface area (Å²) in [5.41, 5.74) is -2.47. The summed E-state index contributed by atoms with van der Waals surface area (Å²) in [6, 6.07) is 0.272. The Hall–Kier alpha value is -1.35. The average molecular weight is 242 g/mol. The van der Waals surface area contributed by atoms with Crippen LogP contribution >= 0.6 is 0 Å². The number of primary sulfonamides is 1. The van der Waals surface area contributed by atoms with Gasteiger partial charge in [0.05, 0.1) is 5.69 Å². The van der Waals surface area contributed by atoms with Gasteiger partial charge in [-0.1, -0.05) is 0 Å². The van der Waals surface area contributed by atoms with Gasteiger partial charge in [-0.05, 0) is 0 Å². The Morgan fingerprint density at radius 1 is 1.40 bits per heavy atom. The van der Waals surface area contributed by atoms with Crippen molar-refractivity contribution in [2.45, 2.75) is 11.5 Å². The fraction of sp³-hybridized carbons (Fsp3) is 0.167. The zero-order valence-electron chi connectivity index (χ0n) is 7.00. The second-order valence-corrected chi connectivity index (χ2v) is 4.08. The minimum absolute atomic E-state index is 0.272. The largest absolute Gasteiger partial charge is 0.341 e. The molecule has 0 unspecified atom stereocenters. The number of pyridine rings is 1. The molecule has 1 aromatic rings. The first-order chi connectivity index (χ1) is 6.73. The van der Waals surface area contributed by atoms with Crippen molar-refractivity contribution in [3.05, 3.63) is 27.8 Å². The van der Waals surface area contributed by atoms with Gasteiger partial charge >= 0.3 is 0 Å². The molecule has 5 nitrogen and oxygen atoms in total. The standard InChI is InChI=1S/C6H5F3N2O3S/c7-4-3(12)1-2(5(8)9)11-6(4)15(10,13)14/h1,5H,(H,11,12)(H2,10,13,14). The van der Waals surface area contributed by atoms with E-state index in [0.717, 1.165) is 0 Å². The highest BCUT2D eigenvalue weighted by Gasteiger charge is 2.21. The zero-order chi connectivity index (χ0) is 11.8. The van der Waals surface area contributed by atoms with Gasteiger partial charge in [-0.15, -0.1) is 0 Å². The number of H-pyrrole nitrogens is 1. The topological polar surface area (TPSA) is 93.0 Å². The Morgan fingerprint density at radius 3 is 2.33 bits per heavy atom. The molecule has 0 atom stereocenters. The van der Waals surface area contributed by atoms with E-state index in [1.54, 1.807) is 4.98 Å². The molecule has 0 aliphatic carbocycles. The van der Waals surface area contributed by atoms with Crippen LogP contribution in [-0.2, 0) is 10.0 Å². The number of aromatic amines is 1. The lowest BCUT2D eigenvalue weighted by atomic mass is 10.3. The van der Waals surface area contributed by atoms with Crippen LogP contribution in [0, 0.1) is 5.82 Å². The Morgan fingerprint density at radius 2 is 1.93 bits per heavy atom. The number of nitrogens with one attached hydrogen (secondary N) is 1. The van der Waals surface area contributed by atoms with E-state index in [1.807, 2.05) is 0 Å². The Balaban J connectivity index is 3.60. The highest BCUT2D eigenvalue weighted by molar-refractivity contribution is 7.89.